The summed E-state index contributed by atoms with van der Waals surface area (Å²) < 4.78 is 1.68. The maximum Gasteiger partial charge on any atom is 0.308 e. The van der Waals surface area contributed by atoms with Crippen molar-refractivity contribution in [2.24, 2.45) is 5.92 Å². The third-order valence-electron chi connectivity index (χ3n) is 3.50. The van der Waals surface area contributed by atoms with E-state index in [1.807, 2.05) is 24.0 Å². The van der Waals surface area contributed by atoms with E-state index >= 15 is 0 Å². The van der Waals surface area contributed by atoms with Crippen LogP contribution in [0.1, 0.15) is 18.7 Å². The molecule has 0 radical (unpaired) electrons. The number of carboxylic acids is 1. The Bertz CT molecular complexity index is 624. The van der Waals surface area contributed by atoms with Gasteiger partial charge < -0.3 is 10.0 Å². The van der Waals surface area contributed by atoms with Crippen LogP contribution in [0.25, 0.3) is 5.65 Å². The van der Waals surface area contributed by atoms with Crippen LogP contribution in [0.2, 0.25) is 0 Å². The number of rotatable bonds is 2. The topological polar surface area (TPSA) is 83.6 Å². The van der Waals surface area contributed by atoms with E-state index in [-0.39, 0.29) is 5.92 Å². The number of fused-ring (bicyclic) bond motifs is 1. The standard InChI is InChI=1S/C12H15N5O2/c1-8-13-14-10-4-5-11(15-17(8)10)16-6-2-3-9(7-16)12(18)19/h4-5,9H,2-3,6-7H2,1H3,(H,18,19). The van der Waals surface area contributed by atoms with Crippen molar-refractivity contribution in [3.8, 4) is 0 Å². The van der Waals surface area contributed by atoms with Gasteiger partial charge in [0, 0.05) is 13.1 Å². The molecule has 2 aromatic rings. The van der Waals surface area contributed by atoms with E-state index in [2.05, 4.69) is 15.3 Å². The largest absolute Gasteiger partial charge is 0.481 e. The zero-order chi connectivity index (χ0) is 13.4. The summed E-state index contributed by atoms with van der Waals surface area (Å²) in [5.74, 6) is 0.463. The molecule has 0 bridgehead atoms. The van der Waals surface area contributed by atoms with Gasteiger partial charge in [0.15, 0.2) is 11.5 Å². The molecule has 0 aliphatic carbocycles. The molecule has 7 nitrogen and oxygen atoms in total. The Morgan fingerprint density at radius 2 is 2.26 bits per heavy atom. The molecule has 7 heteroatoms. The number of anilines is 1. The molecule has 2 aromatic heterocycles. The van der Waals surface area contributed by atoms with Crippen LogP contribution in [-0.4, -0.2) is 44.0 Å². The van der Waals surface area contributed by atoms with Crippen LogP contribution in [0.3, 0.4) is 0 Å². The van der Waals surface area contributed by atoms with Crippen molar-refractivity contribution < 1.29 is 9.90 Å². The highest BCUT2D eigenvalue weighted by molar-refractivity contribution is 5.71. The number of hydrogen-bond donors (Lipinski definition) is 1. The van der Waals surface area contributed by atoms with Crippen molar-refractivity contribution in [1.82, 2.24) is 19.8 Å². The molecule has 1 aliphatic rings. The third kappa shape index (κ3) is 2.11. The second kappa shape index (κ2) is 4.49. The summed E-state index contributed by atoms with van der Waals surface area (Å²) >= 11 is 0. The molecule has 100 valence electrons. The zero-order valence-electron chi connectivity index (χ0n) is 10.7. The van der Waals surface area contributed by atoms with Gasteiger partial charge in [0.05, 0.1) is 5.92 Å². The van der Waals surface area contributed by atoms with Gasteiger partial charge in [-0.25, -0.2) is 0 Å². The first-order valence-corrected chi connectivity index (χ1v) is 6.32. The van der Waals surface area contributed by atoms with Crippen LogP contribution in [0.4, 0.5) is 5.82 Å². The minimum absolute atomic E-state index is 0.312. The van der Waals surface area contributed by atoms with Gasteiger partial charge in [-0.05, 0) is 31.9 Å². The van der Waals surface area contributed by atoms with Crippen molar-refractivity contribution >= 4 is 17.4 Å². The minimum Gasteiger partial charge on any atom is -0.481 e. The van der Waals surface area contributed by atoms with E-state index < -0.39 is 5.97 Å². The normalized spacial score (nSPS) is 19.8. The third-order valence-corrected chi connectivity index (χ3v) is 3.50. The van der Waals surface area contributed by atoms with Crippen LogP contribution in [0.5, 0.6) is 0 Å². The molecule has 1 aliphatic heterocycles. The predicted molar refractivity (Wildman–Crippen MR) is 68.1 cm³/mol. The number of aliphatic carboxylic acids is 1. The van der Waals surface area contributed by atoms with Crippen LogP contribution < -0.4 is 4.90 Å². The lowest BCUT2D eigenvalue weighted by Crippen LogP contribution is -2.39. The Hall–Kier alpha value is -2.18. The smallest absolute Gasteiger partial charge is 0.308 e. The van der Waals surface area contributed by atoms with Crippen LogP contribution in [0.15, 0.2) is 12.1 Å². The van der Waals surface area contributed by atoms with Crippen LogP contribution >= 0.6 is 0 Å². The highest BCUT2D eigenvalue weighted by atomic mass is 16.4. The molecule has 1 atom stereocenters. The van der Waals surface area contributed by atoms with E-state index in [1.54, 1.807) is 4.52 Å². The van der Waals surface area contributed by atoms with Gasteiger partial charge in [0.1, 0.15) is 5.82 Å². The minimum atomic E-state index is -0.730. The van der Waals surface area contributed by atoms with Gasteiger partial charge in [-0.15, -0.1) is 15.3 Å². The molecule has 1 N–H and O–H groups in total. The number of hydrogen-bond acceptors (Lipinski definition) is 5. The summed E-state index contributed by atoms with van der Waals surface area (Å²) in [5, 5.41) is 21.5. The number of piperidine rings is 1. The average molecular weight is 261 g/mol. The molecule has 3 heterocycles. The molecule has 0 saturated carbocycles. The molecule has 3 rings (SSSR count). The Kier molecular flexibility index (Phi) is 2.81. The number of carbonyl (C=O) groups is 1. The van der Waals surface area contributed by atoms with Gasteiger partial charge in [0.25, 0.3) is 0 Å². The van der Waals surface area contributed by atoms with Gasteiger partial charge >= 0.3 is 5.97 Å². The summed E-state index contributed by atoms with van der Waals surface area (Å²) in [6, 6.07) is 3.72. The molecule has 1 saturated heterocycles. The fraction of sp³-hybridized carbons (Fsp3) is 0.500. The zero-order valence-corrected chi connectivity index (χ0v) is 10.7. The SMILES string of the molecule is Cc1nnc2ccc(N3CCCC(C(=O)O)C3)nn12. The van der Waals surface area contributed by atoms with Crippen molar-refractivity contribution in [2.75, 3.05) is 18.0 Å². The maximum atomic E-state index is 11.1. The van der Waals surface area contributed by atoms with E-state index in [4.69, 9.17) is 5.11 Å². The highest BCUT2D eigenvalue weighted by Crippen LogP contribution is 2.22. The summed E-state index contributed by atoms with van der Waals surface area (Å²) in [4.78, 5) is 13.1. The van der Waals surface area contributed by atoms with E-state index in [1.165, 1.54) is 0 Å². The van der Waals surface area contributed by atoms with Crippen molar-refractivity contribution in [3.63, 3.8) is 0 Å². The first-order chi connectivity index (χ1) is 9.15. The Labute approximate surface area is 109 Å². The summed E-state index contributed by atoms with van der Waals surface area (Å²) in [7, 11) is 0. The van der Waals surface area contributed by atoms with E-state index in [9.17, 15) is 4.79 Å². The maximum absolute atomic E-state index is 11.1. The van der Waals surface area contributed by atoms with Crippen molar-refractivity contribution in [2.45, 2.75) is 19.8 Å². The Morgan fingerprint density at radius 3 is 3.05 bits per heavy atom. The summed E-state index contributed by atoms with van der Waals surface area (Å²) in [6.07, 6.45) is 1.61. The number of aromatic nitrogens is 4. The van der Waals surface area contributed by atoms with E-state index in [0.717, 1.165) is 31.0 Å². The fourth-order valence-electron chi connectivity index (χ4n) is 2.44. The lowest BCUT2D eigenvalue weighted by atomic mass is 9.98. The average Bonchev–Trinajstić information content (AvgIpc) is 2.80. The Balaban J connectivity index is 1.90. The second-order valence-corrected chi connectivity index (χ2v) is 4.83. The number of aryl methyl sites for hydroxylation is 1. The van der Waals surface area contributed by atoms with Crippen molar-refractivity contribution in [3.05, 3.63) is 18.0 Å². The van der Waals surface area contributed by atoms with Crippen LogP contribution in [-0.2, 0) is 4.79 Å². The Morgan fingerprint density at radius 1 is 1.42 bits per heavy atom. The number of nitrogens with zero attached hydrogens (tertiary/aromatic N) is 5. The molecule has 0 spiro atoms. The molecule has 0 amide bonds. The molecule has 19 heavy (non-hydrogen) atoms. The predicted octanol–water partition coefficient (Wildman–Crippen LogP) is 0.734. The van der Waals surface area contributed by atoms with Gasteiger partial charge in [-0.3, -0.25) is 4.79 Å². The molecule has 0 aromatic carbocycles. The first kappa shape index (κ1) is 11.9. The first-order valence-electron chi connectivity index (χ1n) is 6.32. The molecular weight excluding hydrogens is 246 g/mol. The van der Waals surface area contributed by atoms with E-state index in [0.29, 0.717) is 12.2 Å². The molecular formula is C12H15N5O2. The quantitative estimate of drug-likeness (QED) is 0.858. The summed E-state index contributed by atoms with van der Waals surface area (Å²) in [5.41, 5.74) is 0.702. The van der Waals surface area contributed by atoms with Gasteiger partial charge in [-0.1, -0.05) is 0 Å². The van der Waals surface area contributed by atoms with Gasteiger partial charge in [-0.2, -0.15) is 4.52 Å². The van der Waals surface area contributed by atoms with Gasteiger partial charge in [0.2, 0.25) is 0 Å². The lowest BCUT2D eigenvalue weighted by molar-refractivity contribution is -0.141. The highest BCUT2D eigenvalue weighted by Gasteiger charge is 2.26. The molecule has 1 fully saturated rings. The summed E-state index contributed by atoms with van der Waals surface area (Å²) in [6.45, 7) is 3.19. The monoisotopic (exact) mass is 261 g/mol. The van der Waals surface area contributed by atoms with Crippen molar-refractivity contribution in [1.29, 1.82) is 0 Å². The van der Waals surface area contributed by atoms with Crippen LogP contribution in [0, 0.1) is 12.8 Å². The molecule has 1 unspecified atom stereocenters. The second-order valence-electron chi connectivity index (χ2n) is 4.83. The lowest BCUT2D eigenvalue weighted by Gasteiger charge is -2.31. The fourth-order valence-corrected chi connectivity index (χ4v) is 2.44. The number of carboxylic acid groups (broad SMARTS) is 1.